The molecule has 0 aliphatic carbocycles. The fraction of sp³-hybridized carbons (Fsp3) is 0.0769. The summed E-state index contributed by atoms with van der Waals surface area (Å²) in [5, 5.41) is 3.37. The molecule has 1 N–H and O–H groups in total. The van der Waals surface area contributed by atoms with Gasteiger partial charge in [-0.25, -0.2) is 0 Å². The van der Waals surface area contributed by atoms with E-state index in [2.05, 4.69) is 10.3 Å². The predicted molar refractivity (Wildman–Crippen MR) is 68.4 cm³/mol. The van der Waals surface area contributed by atoms with E-state index < -0.39 is 0 Å². The van der Waals surface area contributed by atoms with Gasteiger partial charge < -0.3 is 5.32 Å². The van der Waals surface area contributed by atoms with Crippen LogP contribution < -0.4 is 5.32 Å². The maximum absolute atomic E-state index is 12.0. The van der Waals surface area contributed by atoms with Gasteiger partial charge in [0.1, 0.15) is 0 Å². The van der Waals surface area contributed by atoms with Crippen molar-refractivity contribution in [1.82, 2.24) is 4.98 Å². The number of anilines is 1. The van der Waals surface area contributed by atoms with Gasteiger partial charge in [-0.05, 0) is 37.3 Å². The van der Waals surface area contributed by atoms with Crippen LogP contribution in [0.3, 0.4) is 0 Å². The van der Waals surface area contributed by atoms with Crippen LogP contribution >= 0.6 is 11.6 Å². The van der Waals surface area contributed by atoms with Gasteiger partial charge in [0.15, 0.2) is 0 Å². The Hall–Kier alpha value is -1.87. The molecule has 1 amide bonds. The Morgan fingerprint density at radius 3 is 2.82 bits per heavy atom. The number of amides is 1. The second-order valence-electron chi connectivity index (χ2n) is 3.60. The second kappa shape index (κ2) is 4.97. The van der Waals surface area contributed by atoms with Gasteiger partial charge >= 0.3 is 0 Å². The van der Waals surface area contributed by atoms with Gasteiger partial charge in [-0.15, -0.1) is 0 Å². The van der Waals surface area contributed by atoms with Gasteiger partial charge in [-0.2, -0.15) is 0 Å². The summed E-state index contributed by atoms with van der Waals surface area (Å²) in [5.74, 6) is -0.183. The highest BCUT2D eigenvalue weighted by molar-refractivity contribution is 6.30. The number of carbonyl (C=O) groups excluding carboxylic acids is 1. The van der Waals surface area contributed by atoms with Gasteiger partial charge in [-0.3, -0.25) is 9.78 Å². The summed E-state index contributed by atoms with van der Waals surface area (Å²) in [4.78, 5) is 16.0. The third kappa shape index (κ3) is 2.82. The molecule has 17 heavy (non-hydrogen) atoms. The van der Waals surface area contributed by atoms with E-state index in [-0.39, 0.29) is 5.91 Å². The molecule has 0 bridgehead atoms. The number of nitrogens with one attached hydrogen (secondary N) is 1. The molecule has 0 aliphatic heterocycles. The van der Waals surface area contributed by atoms with E-state index in [0.717, 1.165) is 0 Å². The monoisotopic (exact) mass is 246 g/mol. The van der Waals surface area contributed by atoms with Crippen LogP contribution in [0.4, 0.5) is 5.69 Å². The molecule has 2 aromatic rings. The van der Waals surface area contributed by atoms with Crippen LogP contribution in [0.2, 0.25) is 5.02 Å². The molecule has 0 saturated heterocycles. The maximum atomic E-state index is 12.0. The van der Waals surface area contributed by atoms with E-state index in [0.29, 0.717) is 22.0 Å². The number of benzene rings is 1. The minimum absolute atomic E-state index is 0.183. The highest BCUT2D eigenvalue weighted by Crippen LogP contribution is 2.16. The molecular formula is C13H11ClN2O. The van der Waals surface area contributed by atoms with Crippen molar-refractivity contribution in [2.24, 2.45) is 0 Å². The Morgan fingerprint density at radius 1 is 1.29 bits per heavy atom. The first-order valence-electron chi connectivity index (χ1n) is 5.15. The Balaban J connectivity index is 2.20. The lowest BCUT2D eigenvalue weighted by atomic mass is 10.2. The number of nitrogens with zero attached hydrogens (tertiary/aromatic N) is 1. The highest BCUT2D eigenvalue weighted by atomic mass is 35.5. The summed E-state index contributed by atoms with van der Waals surface area (Å²) in [7, 11) is 0. The lowest BCUT2D eigenvalue weighted by Crippen LogP contribution is -2.13. The number of aromatic nitrogens is 1. The Kier molecular flexibility index (Phi) is 3.40. The highest BCUT2D eigenvalue weighted by Gasteiger charge is 2.09. The number of carbonyl (C=O) groups is 1. The van der Waals surface area contributed by atoms with Gasteiger partial charge in [0.2, 0.25) is 0 Å². The van der Waals surface area contributed by atoms with Gasteiger partial charge in [0, 0.05) is 22.6 Å². The van der Waals surface area contributed by atoms with Crippen LogP contribution in [0.1, 0.15) is 16.1 Å². The molecule has 2 rings (SSSR count). The number of hydrogen-bond acceptors (Lipinski definition) is 2. The number of pyridine rings is 1. The second-order valence-corrected chi connectivity index (χ2v) is 4.04. The first kappa shape index (κ1) is 11.6. The summed E-state index contributed by atoms with van der Waals surface area (Å²) in [6.07, 6.45) is 1.66. The molecule has 0 spiro atoms. The predicted octanol–water partition coefficient (Wildman–Crippen LogP) is 3.30. The first-order valence-corrected chi connectivity index (χ1v) is 5.53. The largest absolute Gasteiger partial charge is 0.322 e. The number of hydrogen-bond donors (Lipinski definition) is 1. The van der Waals surface area contributed by atoms with Crippen LogP contribution in [0.15, 0.2) is 42.6 Å². The Labute approximate surface area is 104 Å². The molecule has 0 atom stereocenters. The van der Waals surface area contributed by atoms with Crippen molar-refractivity contribution in [3.63, 3.8) is 0 Å². The van der Waals surface area contributed by atoms with E-state index in [1.807, 2.05) is 0 Å². The third-order valence-electron chi connectivity index (χ3n) is 2.33. The fourth-order valence-corrected chi connectivity index (χ4v) is 1.68. The number of halogens is 1. The van der Waals surface area contributed by atoms with Gasteiger partial charge in [0.05, 0.1) is 5.56 Å². The van der Waals surface area contributed by atoms with Crippen LogP contribution in [0, 0.1) is 6.92 Å². The van der Waals surface area contributed by atoms with Crippen molar-refractivity contribution in [3.05, 3.63) is 58.9 Å². The van der Waals surface area contributed by atoms with E-state index in [1.54, 1.807) is 49.5 Å². The maximum Gasteiger partial charge on any atom is 0.257 e. The normalized spacial score (nSPS) is 10.0. The summed E-state index contributed by atoms with van der Waals surface area (Å²) in [6.45, 7) is 1.80. The molecule has 1 aromatic carbocycles. The smallest absolute Gasteiger partial charge is 0.257 e. The molecule has 86 valence electrons. The quantitative estimate of drug-likeness (QED) is 0.884. The molecule has 1 aromatic heterocycles. The van der Waals surface area contributed by atoms with Crippen molar-refractivity contribution in [1.29, 1.82) is 0 Å². The third-order valence-corrected chi connectivity index (χ3v) is 2.57. The van der Waals surface area contributed by atoms with E-state index in [9.17, 15) is 4.79 Å². The fourth-order valence-electron chi connectivity index (χ4n) is 1.49. The van der Waals surface area contributed by atoms with E-state index in [1.165, 1.54) is 0 Å². The minimum atomic E-state index is -0.183. The topological polar surface area (TPSA) is 42.0 Å². The van der Waals surface area contributed by atoms with E-state index in [4.69, 9.17) is 11.6 Å². The zero-order valence-electron chi connectivity index (χ0n) is 9.27. The standard InChI is InChI=1S/C13H11ClN2O/c1-9-12(6-3-7-15-9)13(17)16-11-5-2-4-10(14)8-11/h2-8H,1H3,(H,16,17). The zero-order chi connectivity index (χ0) is 12.3. The molecule has 4 heteroatoms. The average Bonchev–Trinajstić information content (AvgIpc) is 2.29. The molecule has 0 unspecified atom stereocenters. The van der Waals surface area contributed by atoms with Crippen molar-refractivity contribution >= 4 is 23.2 Å². The molecule has 0 aliphatic rings. The summed E-state index contributed by atoms with van der Waals surface area (Å²) < 4.78 is 0. The van der Waals surface area contributed by atoms with Crippen molar-refractivity contribution in [3.8, 4) is 0 Å². The molecular weight excluding hydrogens is 236 g/mol. The minimum Gasteiger partial charge on any atom is -0.322 e. The Morgan fingerprint density at radius 2 is 2.12 bits per heavy atom. The lowest BCUT2D eigenvalue weighted by Gasteiger charge is -2.06. The van der Waals surface area contributed by atoms with Gasteiger partial charge in [0.25, 0.3) is 5.91 Å². The zero-order valence-corrected chi connectivity index (χ0v) is 10.0. The molecule has 0 saturated carbocycles. The SMILES string of the molecule is Cc1ncccc1C(=O)Nc1cccc(Cl)c1. The lowest BCUT2D eigenvalue weighted by molar-refractivity contribution is 0.102. The first-order chi connectivity index (χ1) is 8.16. The molecule has 0 fully saturated rings. The van der Waals surface area contributed by atoms with Crippen molar-refractivity contribution in [2.45, 2.75) is 6.92 Å². The summed E-state index contributed by atoms with van der Waals surface area (Å²) >= 11 is 5.84. The van der Waals surface area contributed by atoms with Crippen LogP contribution in [-0.2, 0) is 0 Å². The summed E-state index contributed by atoms with van der Waals surface area (Å²) in [5.41, 5.74) is 1.94. The Bertz CT molecular complexity index is 555. The summed E-state index contributed by atoms with van der Waals surface area (Å²) in [6, 6.07) is 10.5. The molecule has 0 radical (unpaired) electrons. The van der Waals surface area contributed by atoms with Gasteiger partial charge in [-0.1, -0.05) is 17.7 Å². The average molecular weight is 247 g/mol. The van der Waals surface area contributed by atoms with Crippen molar-refractivity contribution < 1.29 is 4.79 Å². The van der Waals surface area contributed by atoms with Crippen molar-refractivity contribution in [2.75, 3.05) is 5.32 Å². The van der Waals surface area contributed by atoms with E-state index >= 15 is 0 Å². The van der Waals surface area contributed by atoms with Crippen LogP contribution in [0.25, 0.3) is 0 Å². The number of aryl methyl sites for hydroxylation is 1. The molecule has 3 nitrogen and oxygen atoms in total. The van der Waals surface area contributed by atoms with Crippen LogP contribution in [-0.4, -0.2) is 10.9 Å². The van der Waals surface area contributed by atoms with Crippen LogP contribution in [0.5, 0.6) is 0 Å². The number of rotatable bonds is 2. The molecule has 1 heterocycles.